The lowest BCUT2D eigenvalue weighted by atomic mass is 10.2. The first kappa shape index (κ1) is 15.5. The van der Waals surface area contributed by atoms with Crippen LogP contribution < -0.4 is 5.32 Å². The Kier molecular flexibility index (Phi) is 5.57. The fraction of sp³-hybridized carbons (Fsp3) is 0.533. The molecule has 1 amide bonds. The molecule has 0 spiro atoms. The minimum Gasteiger partial charge on any atom is -0.340 e. The summed E-state index contributed by atoms with van der Waals surface area (Å²) in [7, 11) is 1.87. The van der Waals surface area contributed by atoms with Gasteiger partial charge in [-0.25, -0.2) is 0 Å². The Morgan fingerprint density at radius 1 is 1.50 bits per heavy atom. The van der Waals surface area contributed by atoms with Crippen molar-refractivity contribution >= 4 is 21.8 Å². The Morgan fingerprint density at radius 2 is 2.25 bits per heavy atom. The predicted molar refractivity (Wildman–Crippen MR) is 84.5 cm³/mol. The van der Waals surface area contributed by atoms with Gasteiger partial charge in [-0.05, 0) is 18.6 Å². The Balaban J connectivity index is 1.87. The topological polar surface area (TPSA) is 35.6 Å². The summed E-state index contributed by atoms with van der Waals surface area (Å²) in [6.45, 7) is 6.15. The molecule has 0 aromatic heterocycles. The number of carbonyl (C=O) groups excluding carboxylic acids is 1. The molecular weight excluding hydrogens is 318 g/mol. The molecule has 20 heavy (non-hydrogen) atoms. The monoisotopic (exact) mass is 339 g/mol. The molecule has 4 nitrogen and oxygen atoms in total. The van der Waals surface area contributed by atoms with E-state index in [0.29, 0.717) is 19.1 Å². The van der Waals surface area contributed by atoms with Crippen molar-refractivity contribution in [3.63, 3.8) is 0 Å². The lowest BCUT2D eigenvalue weighted by Gasteiger charge is -2.32. The van der Waals surface area contributed by atoms with Gasteiger partial charge in [0.15, 0.2) is 0 Å². The molecule has 1 atom stereocenters. The third kappa shape index (κ3) is 4.30. The van der Waals surface area contributed by atoms with E-state index >= 15 is 0 Å². The zero-order valence-electron chi connectivity index (χ0n) is 12.1. The van der Waals surface area contributed by atoms with Crippen LogP contribution in [0.2, 0.25) is 0 Å². The summed E-state index contributed by atoms with van der Waals surface area (Å²) >= 11 is 3.52. The SMILES string of the molecule is CC1CN(CC(=O)N(C)Cc2ccccc2Br)CCN1. The van der Waals surface area contributed by atoms with Gasteiger partial charge < -0.3 is 10.2 Å². The van der Waals surface area contributed by atoms with E-state index in [0.717, 1.165) is 29.7 Å². The van der Waals surface area contributed by atoms with Gasteiger partial charge in [-0.15, -0.1) is 0 Å². The Hall–Kier alpha value is -0.910. The van der Waals surface area contributed by atoms with Crippen LogP contribution >= 0.6 is 15.9 Å². The molecule has 5 heteroatoms. The first-order chi connectivity index (χ1) is 9.56. The van der Waals surface area contributed by atoms with Gasteiger partial charge in [0, 0.05) is 43.7 Å². The molecule has 1 unspecified atom stereocenters. The third-order valence-corrected chi connectivity index (χ3v) is 4.38. The van der Waals surface area contributed by atoms with Crippen LogP contribution in [0.5, 0.6) is 0 Å². The molecule has 1 saturated heterocycles. The summed E-state index contributed by atoms with van der Waals surface area (Å²) in [4.78, 5) is 16.3. The van der Waals surface area contributed by atoms with Crippen LogP contribution in [0.15, 0.2) is 28.7 Å². The van der Waals surface area contributed by atoms with Gasteiger partial charge in [0.2, 0.25) is 5.91 Å². The molecule has 1 N–H and O–H groups in total. The van der Waals surface area contributed by atoms with Gasteiger partial charge in [-0.1, -0.05) is 34.1 Å². The first-order valence-electron chi connectivity index (χ1n) is 6.99. The molecule has 1 aromatic carbocycles. The summed E-state index contributed by atoms with van der Waals surface area (Å²) in [5.41, 5.74) is 1.14. The van der Waals surface area contributed by atoms with Gasteiger partial charge in [0.1, 0.15) is 0 Å². The summed E-state index contributed by atoms with van der Waals surface area (Å²) in [6, 6.07) is 8.49. The second-order valence-corrected chi connectivity index (χ2v) is 6.29. The molecule has 0 bridgehead atoms. The van der Waals surface area contributed by atoms with Crippen LogP contribution in [0.4, 0.5) is 0 Å². The first-order valence-corrected chi connectivity index (χ1v) is 7.78. The normalized spacial score (nSPS) is 19.9. The lowest BCUT2D eigenvalue weighted by Crippen LogP contribution is -2.51. The van der Waals surface area contributed by atoms with Crippen LogP contribution in [-0.4, -0.2) is 55.0 Å². The number of halogens is 1. The van der Waals surface area contributed by atoms with E-state index in [4.69, 9.17) is 0 Å². The number of piperazine rings is 1. The number of benzene rings is 1. The Bertz CT molecular complexity index is 466. The van der Waals surface area contributed by atoms with E-state index in [2.05, 4.69) is 33.1 Å². The highest BCUT2D eigenvalue weighted by Crippen LogP contribution is 2.17. The summed E-state index contributed by atoms with van der Waals surface area (Å²) in [5, 5.41) is 3.39. The van der Waals surface area contributed by atoms with Crippen molar-refractivity contribution in [3.8, 4) is 0 Å². The molecule has 1 aliphatic heterocycles. The van der Waals surface area contributed by atoms with E-state index < -0.39 is 0 Å². The fourth-order valence-electron chi connectivity index (χ4n) is 2.44. The number of nitrogens with zero attached hydrogens (tertiary/aromatic N) is 2. The van der Waals surface area contributed by atoms with Crippen molar-refractivity contribution in [1.29, 1.82) is 0 Å². The fourth-order valence-corrected chi connectivity index (χ4v) is 2.85. The van der Waals surface area contributed by atoms with E-state index in [1.807, 2.05) is 31.3 Å². The maximum atomic E-state index is 12.3. The highest BCUT2D eigenvalue weighted by molar-refractivity contribution is 9.10. The minimum absolute atomic E-state index is 0.176. The van der Waals surface area contributed by atoms with E-state index in [1.165, 1.54) is 0 Å². The highest BCUT2D eigenvalue weighted by Gasteiger charge is 2.20. The van der Waals surface area contributed by atoms with Crippen molar-refractivity contribution in [1.82, 2.24) is 15.1 Å². The molecular formula is C15H22BrN3O. The van der Waals surface area contributed by atoms with Crippen molar-refractivity contribution < 1.29 is 4.79 Å². The number of hydrogen-bond acceptors (Lipinski definition) is 3. The molecule has 0 saturated carbocycles. The molecule has 1 heterocycles. The zero-order chi connectivity index (χ0) is 14.5. The molecule has 1 aromatic rings. The zero-order valence-corrected chi connectivity index (χ0v) is 13.7. The standard InChI is InChI=1S/C15H22BrN3O/c1-12-9-19(8-7-17-12)11-15(20)18(2)10-13-5-3-4-6-14(13)16/h3-6,12,17H,7-11H2,1-2H3. The minimum atomic E-state index is 0.176. The van der Waals surface area contributed by atoms with E-state index in [9.17, 15) is 4.79 Å². The number of carbonyl (C=O) groups is 1. The number of nitrogens with one attached hydrogen (secondary N) is 1. The molecule has 110 valence electrons. The highest BCUT2D eigenvalue weighted by atomic mass is 79.9. The van der Waals surface area contributed by atoms with Gasteiger partial charge in [0.05, 0.1) is 6.54 Å². The van der Waals surface area contributed by atoms with Crippen LogP contribution in [0, 0.1) is 0 Å². The Labute approximate surface area is 129 Å². The van der Waals surface area contributed by atoms with Crippen LogP contribution in [-0.2, 0) is 11.3 Å². The third-order valence-electron chi connectivity index (χ3n) is 3.60. The maximum absolute atomic E-state index is 12.3. The quantitative estimate of drug-likeness (QED) is 0.906. The maximum Gasteiger partial charge on any atom is 0.236 e. The predicted octanol–water partition coefficient (Wildman–Crippen LogP) is 1.70. The summed E-state index contributed by atoms with van der Waals surface area (Å²) in [5.74, 6) is 0.176. The van der Waals surface area contributed by atoms with Crippen LogP contribution in [0.1, 0.15) is 12.5 Å². The van der Waals surface area contributed by atoms with Crippen molar-refractivity contribution in [2.24, 2.45) is 0 Å². The number of hydrogen-bond donors (Lipinski definition) is 1. The molecule has 0 radical (unpaired) electrons. The average Bonchev–Trinajstić information content (AvgIpc) is 2.41. The van der Waals surface area contributed by atoms with Gasteiger partial charge in [0.25, 0.3) is 0 Å². The van der Waals surface area contributed by atoms with Gasteiger partial charge >= 0.3 is 0 Å². The van der Waals surface area contributed by atoms with Crippen molar-refractivity contribution in [2.75, 3.05) is 33.2 Å². The number of likely N-dealkylation sites (N-methyl/N-ethyl adjacent to an activating group) is 1. The smallest absolute Gasteiger partial charge is 0.236 e. The van der Waals surface area contributed by atoms with Crippen molar-refractivity contribution in [3.05, 3.63) is 34.3 Å². The largest absolute Gasteiger partial charge is 0.340 e. The van der Waals surface area contributed by atoms with E-state index in [1.54, 1.807) is 4.90 Å². The molecule has 1 fully saturated rings. The Morgan fingerprint density at radius 3 is 2.95 bits per heavy atom. The molecule has 2 rings (SSSR count). The van der Waals surface area contributed by atoms with E-state index in [-0.39, 0.29) is 5.91 Å². The molecule has 1 aliphatic rings. The average molecular weight is 340 g/mol. The van der Waals surface area contributed by atoms with Crippen molar-refractivity contribution in [2.45, 2.75) is 19.5 Å². The van der Waals surface area contributed by atoms with Gasteiger partial charge in [-0.3, -0.25) is 9.69 Å². The summed E-state index contributed by atoms with van der Waals surface area (Å²) in [6.07, 6.45) is 0. The number of amides is 1. The second-order valence-electron chi connectivity index (χ2n) is 5.43. The summed E-state index contributed by atoms with van der Waals surface area (Å²) < 4.78 is 1.05. The van der Waals surface area contributed by atoms with Crippen LogP contribution in [0.25, 0.3) is 0 Å². The lowest BCUT2D eigenvalue weighted by molar-refractivity contribution is -0.131. The van der Waals surface area contributed by atoms with Crippen LogP contribution in [0.3, 0.4) is 0 Å². The van der Waals surface area contributed by atoms with Gasteiger partial charge in [-0.2, -0.15) is 0 Å². The molecule has 0 aliphatic carbocycles. The number of rotatable bonds is 4. The second kappa shape index (κ2) is 7.20.